The van der Waals surface area contributed by atoms with Crippen molar-refractivity contribution in [2.75, 3.05) is 5.32 Å². The van der Waals surface area contributed by atoms with Gasteiger partial charge in [0.1, 0.15) is 12.6 Å². The molecule has 126 valence electrons. The van der Waals surface area contributed by atoms with Crippen molar-refractivity contribution in [3.05, 3.63) is 64.7 Å². The number of carboxylic acids is 1. The quantitative estimate of drug-likeness (QED) is 0.779. The standard InChI is InChI=1S/C18H19ClN2O3/c1-12-7-8-14(9-15(12)19)21-17(22)10-16(18(23)24)20-11-13-5-3-2-4-6-13/h2-9,16,20H,10-11H2,1H3,(H,21,22)(H,23,24)/t16-/m0/s1. The summed E-state index contributed by atoms with van der Waals surface area (Å²) in [5.74, 6) is -1.66. The minimum absolute atomic E-state index is 0.180. The van der Waals surface area contributed by atoms with Gasteiger partial charge in [0.2, 0.25) is 5.91 Å². The van der Waals surface area contributed by atoms with Crippen molar-refractivity contribution in [2.24, 2.45) is 0 Å². The summed E-state index contributed by atoms with van der Waals surface area (Å²) in [6, 6.07) is 13.6. The summed E-state index contributed by atoms with van der Waals surface area (Å²) in [5, 5.41) is 16.1. The Balaban J connectivity index is 1.92. The molecule has 24 heavy (non-hydrogen) atoms. The van der Waals surface area contributed by atoms with Crippen LogP contribution in [0.1, 0.15) is 17.5 Å². The molecule has 0 saturated carbocycles. The highest BCUT2D eigenvalue weighted by Gasteiger charge is 2.18. The van der Waals surface area contributed by atoms with E-state index in [4.69, 9.17) is 11.6 Å². The number of quaternary nitrogens is 1. The van der Waals surface area contributed by atoms with Gasteiger partial charge in [0.15, 0.2) is 0 Å². The second kappa shape index (κ2) is 8.47. The average molecular weight is 347 g/mol. The van der Waals surface area contributed by atoms with Crippen LogP contribution in [0.2, 0.25) is 5.02 Å². The number of halogens is 1. The molecule has 0 saturated heterocycles. The first kappa shape index (κ1) is 18.0. The highest BCUT2D eigenvalue weighted by Crippen LogP contribution is 2.20. The largest absolute Gasteiger partial charge is 0.544 e. The first-order valence-corrected chi connectivity index (χ1v) is 7.97. The van der Waals surface area contributed by atoms with Crippen LogP contribution in [0, 0.1) is 6.92 Å². The van der Waals surface area contributed by atoms with Gasteiger partial charge in [0.25, 0.3) is 0 Å². The third-order valence-electron chi connectivity index (χ3n) is 3.64. The molecule has 0 radical (unpaired) electrons. The van der Waals surface area contributed by atoms with Gasteiger partial charge in [0.05, 0.1) is 12.4 Å². The van der Waals surface area contributed by atoms with Gasteiger partial charge in [-0.15, -0.1) is 0 Å². The van der Waals surface area contributed by atoms with Crippen molar-refractivity contribution in [2.45, 2.75) is 25.9 Å². The lowest BCUT2D eigenvalue weighted by Crippen LogP contribution is -2.92. The molecule has 0 aliphatic carbocycles. The highest BCUT2D eigenvalue weighted by atomic mass is 35.5. The van der Waals surface area contributed by atoms with E-state index < -0.39 is 17.9 Å². The molecule has 0 aliphatic rings. The molecule has 0 unspecified atom stereocenters. The minimum Gasteiger partial charge on any atom is -0.544 e. The molecular formula is C18H19ClN2O3. The van der Waals surface area contributed by atoms with Gasteiger partial charge in [-0.25, -0.2) is 0 Å². The summed E-state index contributed by atoms with van der Waals surface area (Å²) in [6.07, 6.45) is -0.180. The van der Waals surface area contributed by atoms with Gasteiger partial charge < -0.3 is 20.5 Å². The van der Waals surface area contributed by atoms with Gasteiger partial charge >= 0.3 is 0 Å². The Morgan fingerprint density at radius 1 is 1.21 bits per heavy atom. The molecule has 0 heterocycles. The number of carbonyl (C=O) groups excluding carboxylic acids is 2. The number of hydrogen-bond donors (Lipinski definition) is 2. The lowest BCUT2D eigenvalue weighted by Gasteiger charge is -2.16. The van der Waals surface area contributed by atoms with Crippen molar-refractivity contribution >= 4 is 29.2 Å². The zero-order valence-corrected chi connectivity index (χ0v) is 14.0. The maximum atomic E-state index is 12.1. The molecule has 3 N–H and O–H groups in total. The molecule has 5 nitrogen and oxygen atoms in total. The van der Waals surface area contributed by atoms with Crippen LogP contribution in [0.3, 0.4) is 0 Å². The van der Waals surface area contributed by atoms with Gasteiger partial charge in [-0.2, -0.15) is 0 Å². The van der Waals surface area contributed by atoms with Gasteiger partial charge in [-0.3, -0.25) is 4.79 Å². The lowest BCUT2D eigenvalue weighted by atomic mass is 10.1. The summed E-state index contributed by atoms with van der Waals surface area (Å²) in [5.41, 5.74) is 2.42. The molecule has 0 aromatic heterocycles. The van der Waals surface area contributed by atoms with Crippen molar-refractivity contribution < 1.29 is 20.0 Å². The van der Waals surface area contributed by atoms with Crippen LogP contribution in [-0.2, 0) is 16.1 Å². The van der Waals surface area contributed by atoms with Crippen molar-refractivity contribution in [1.82, 2.24) is 0 Å². The second-order valence-electron chi connectivity index (χ2n) is 5.57. The molecule has 0 spiro atoms. The number of aryl methyl sites for hydroxylation is 1. The fourth-order valence-electron chi connectivity index (χ4n) is 2.24. The minimum atomic E-state index is -1.26. The van der Waals surface area contributed by atoms with E-state index in [1.165, 1.54) is 0 Å². The van der Waals surface area contributed by atoms with E-state index in [2.05, 4.69) is 5.32 Å². The molecule has 2 aromatic carbocycles. The van der Waals surface area contributed by atoms with Crippen LogP contribution in [0.5, 0.6) is 0 Å². The Labute approximate surface area is 145 Å². The average Bonchev–Trinajstić information content (AvgIpc) is 2.55. The molecule has 6 heteroatoms. The van der Waals surface area contributed by atoms with Crippen LogP contribution in [0.15, 0.2) is 48.5 Å². The Morgan fingerprint density at radius 3 is 2.54 bits per heavy atom. The first-order valence-electron chi connectivity index (χ1n) is 7.60. The number of anilines is 1. The predicted molar refractivity (Wildman–Crippen MR) is 90.3 cm³/mol. The molecule has 0 aliphatic heterocycles. The number of hydrogen-bond acceptors (Lipinski definition) is 3. The third kappa shape index (κ3) is 5.37. The normalized spacial score (nSPS) is 11.8. The van der Waals surface area contributed by atoms with Gasteiger partial charge in [-0.1, -0.05) is 48.0 Å². The summed E-state index contributed by atoms with van der Waals surface area (Å²) in [4.78, 5) is 23.3. The molecule has 1 atom stereocenters. The SMILES string of the molecule is Cc1ccc(NC(=O)C[C@H]([NH2+]Cc2ccccc2)C(=O)[O-])cc1Cl. The van der Waals surface area contributed by atoms with Crippen LogP contribution in [-0.4, -0.2) is 17.9 Å². The number of aliphatic carboxylic acids is 1. The molecule has 0 fully saturated rings. The zero-order chi connectivity index (χ0) is 17.5. The van der Waals surface area contributed by atoms with Crippen molar-refractivity contribution in [3.8, 4) is 0 Å². The molecular weight excluding hydrogens is 328 g/mol. The summed E-state index contributed by atoms with van der Waals surface area (Å²) in [7, 11) is 0. The van der Waals surface area contributed by atoms with Crippen LogP contribution >= 0.6 is 11.6 Å². The van der Waals surface area contributed by atoms with E-state index in [1.54, 1.807) is 23.5 Å². The van der Waals surface area contributed by atoms with E-state index in [-0.39, 0.29) is 6.42 Å². The number of benzene rings is 2. The lowest BCUT2D eigenvalue weighted by molar-refractivity contribution is -0.697. The van der Waals surface area contributed by atoms with E-state index in [1.807, 2.05) is 37.3 Å². The monoisotopic (exact) mass is 346 g/mol. The third-order valence-corrected chi connectivity index (χ3v) is 4.05. The van der Waals surface area contributed by atoms with E-state index in [9.17, 15) is 14.7 Å². The fraction of sp³-hybridized carbons (Fsp3) is 0.222. The maximum Gasteiger partial charge on any atom is 0.230 e. The summed E-state index contributed by atoms with van der Waals surface area (Å²) < 4.78 is 0. The van der Waals surface area contributed by atoms with Crippen LogP contribution < -0.4 is 15.7 Å². The van der Waals surface area contributed by atoms with Crippen molar-refractivity contribution in [3.63, 3.8) is 0 Å². The second-order valence-corrected chi connectivity index (χ2v) is 5.97. The van der Waals surface area contributed by atoms with E-state index >= 15 is 0 Å². The fourth-order valence-corrected chi connectivity index (χ4v) is 2.42. The number of amides is 1. The summed E-state index contributed by atoms with van der Waals surface area (Å²) in [6.45, 7) is 2.32. The molecule has 1 amide bonds. The van der Waals surface area contributed by atoms with Crippen LogP contribution in [0.25, 0.3) is 0 Å². The Hall–Kier alpha value is -2.37. The van der Waals surface area contributed by atoms with E-state index in [0.29, 0.717) is 17.3 Å². The van der Waals surface area contributed by atoms with Gasteiger partial charge in [-0.05, 0) is 24.6 Å². The number of rotatable bonds is 7. The number of carbonyl (C=O) groups is 2. The topological polar surface area (TPSA) is 85.8 Å². The van der Waals surface area contributed by atoms with Crippen molar-refractivity contribution in [1.29, 1.82) is 0 Å². The van der Waals surface area contributed by atoms with E-state index in [0.717, 1.165) is 11.1 Å². The Bertz CT molecular complexity index is 719. The molecule has 0 bridgehead atoms. The van der Waals surface area contributed by atoms with Gasteiger partial charge in [0, 0.05) is 16.3 Å². The first-order chi connectivity index (χ1) is 11.5. The highest BCUT2D eigenvalue weighted by molar-refractivity contribution is 6.31. The number of carboxylic acid groups (broad SMARTS) is 1. The molecule has 2 rings (SSSR count). The Morgan fingerprint density at radius 2 is 1.92 bits per heavy atom. The Kier molecular flexibility index (Phi) is 6.35. The number of nitrogens with two attached hydrogens (primary N) is 1. The zero-order valence-electron chi connectivity index (χ0n) is 13.3. The summed E-state index contributed by atoms with van der Waals surface area (Å²) >= 11 is 6.01. The van der Waals surface area contributed by atoms with Crippen LogP contribution in [0.4, 0.5) is 5.69 Å². The smallest absolute Gasteiger partial charge is 0.230 e. The number of nitrogens with one attached hydrogen (secondary N) is 1. The predicted octanol–water partition coefficient (Wildman–Crippen LogP) is 0.859. The molecule has 2 aromatic rings. The maximum absolute atomic E-state index is 12.1.